The number of rotatable bonds is 2. The van der Waals surface area contributed by atoms with Gasteiger partial charge >= 0.3 is 0 Å². The summed E-state index contributed by atoms with van der Waals surface area (Å²) in [6.07, 6.45) is 3.41. The standard InChI is InChI=1S/C11H10FN5/c12-9-2-10-8(11(15)17-5-16-10)1-7(9)6(3-13)4-14/h1-5,13H,14H2,(H2,15,16,17). The Morgan fingerprint density at radius 1 is 1.35 bits per heavy atom. The normalized spacial score (nSPS) is 11.7. The second kappa shape index (κ2) is 4.17. The summed E-state index contributed by atoms with van der Waals surface area (Å²) in [5, 5.41) is 7.69. The first-order chi connectivity index (χ1) is 8.17. The third-order valence-corrected chi connectivity index (χ3v) is 2.40. The van der Waals surface area contributed by atoms with Crippen LogP contribution in [0.2, 0.25) is 0 Å². The van der Waals surface area contributed by atoms with Crippen molar-refractivity contribution in [2.24, 2.45) is 5.73 Å². The van der Waals surface area contributed by atoms with Gasteiger partial charge in [0.15, 0.2) is 0 Å². The summed E-state index contributed by atoms with van der Waals surface area (Å²) in [5.41, 5.74) is 11.9. The summed E-state index contributed by atoms with van der Waals surface area (Å²) < 4.78 is 13.8. The molecule has 6 heteroatoms. The number of anilines is 1. The molecule has 1 aromatic heterocycles. The van der Waals surface area contributed by atoms with Gasteiger partial charge < -0.3 is 16.9 Å². The molecule has 0 radical (unpaired) electrons. The maximum absolute atomic E-state index is 13.8. The third-order valence-electron chi connectivity index (χ3n) is 2.40. The average molecular weight is 231 g/mol. The van der Waals surface area contributed by atoms with Crippen molar-refractivity contribution in [3.05, 3.63) is 36.0 Å². The largest absolute Gasteiger partial charge is 0.404 e. The number of fused-ring (bicyclic) bond motifs is 1. The Balaban J connectivity index is 2.78. The molecule has 5 N–H and O–H groups in total. The lowest BCUT2D eigenvalue weighted by atomic mass is 10.0. The Bertz CT molecular complexity index is 621. The van der Waals surface area contributed by atoms with E-state index >= 15 is 0 Å². The predicted octanol–water partition coefficient (Wildman–Crippen LogP) is 1.30. The number of nitrogens with one attached hydrogen (secondary N) is 1. The van der Waals surface area contributed by atoms with Crippen LogP contribution in [0.3, 0.4) is 0 Å². The molecule has 0 saturated carbocycles. The first-order valence-corrected chi connectivity index (χ1v) is 4.80. The van der Waals surface area contributed by atoms with Gasteiger partial charge in [-0.05, 0) is 6.07 Å². The van der Waals surface area contributed by atoms with Gasteiger partial charge in [-0.3, -0.25) is 0 Å². The van der Waals surface area contributed by atoms with Crippen LogP contribution < -0.4 is 11.5 Å². The van der Waals surface area contributed by atoms with Crippen molar-refractivity contribution >= 4 is 28.5 Å². The molecule has 0 aliphatic rings. The molecule has 0 fully saturated rings. The quantitative estimate of drug-likeness (QED) is 0.678. The molecular weight excluding hydrogens is 221 g/mol. The van der Waals surface area contributed by atoms with E-state index < -0.39 is 5.82 Å². The van der Waals surface area contributed by atoms with Crippen molar-refractivity contribution in [3.8, 4) is 0 Å². The predicted molar refractivity (Wildman–Crippen MR) is 64.9 cm³/mol. The topological polar surface area (TPSA) is 102 Å². The van der Waals surface area contributed by atoms with Gasteiger partial charge in [0.05, 0.1) is 5.52 Å². The monoisotopic (exact) mass is 231 g/mol. The van der Waals surface area contributed by atoms with E-state index in [1.165, 1.54) is 18.5 Å². The van der Waals surface area contributed by atoms with Crippen LogP contribution in [-0.2, 0) is 0 Å². The first-order valence-electron chi connectivity index (χ1n) is 4.80. The molecule has 1 aromatic carbocycles. The molecule has 2 aromatic rings. The Kier molecular flexibility index (Phi) is 2.70. The van der Waals surface area contributed by atoms with Gasteiger partial charge in [0.2, 0.25) is 0 Å². The number of halogens is 1. The minimum atomic E-state index is -0.504. The van der Waals surface area contributed by atoms with Crippen LogP contribution in [0.25, 0.3) is 16.5 Å². The van der Waals surface area contributed by atoms with Crippen molar-refractivity contribution in [1.29, 1.82) is 5.41 Å². The Morgan fingerprint density at radius 2 is 2.12 bits per heavy atom. The molecule has 0 spiro atoms. The highest BCUT2D eigenvalue weighted by Gasteiger charge is 2.10. The molecule has 0 aliphatic carbocycles. The minimum absolute atomic E-state index is 0.205. The van der Waals surface area contributed by atoms with Gasteiger partial charge in [-0.25, -0.2) is 14.4 Å². The number of allylic oxidation sites excluding steroid dienone is 1. The number of nitrogen functional groups attached to an aromatic ring is 1. The number of hydrogen-bond donors (Lipinski definition) is 3. The van der Waals surface area contributed by atoms with E-state index in [9.17, 15) is 4.39 Å². The van der Waals surface area contributed by atoms with E-state index in [-0.39, 0.29) is 17.0 Å². The lowest BCUT2D eigenvalue weighted by Crippen LogP contribution is -1.98. The second-order valence-corrected chi connectivity index (χ2v) is 3.37. The average Bonchev–Trinajstić information content (AvgIpc) is 2.32. The molecule has 0 amide bonds. The summed E-state index contributed by atoms with van der Waals surface area (Å²) in [6, 6.07) is 2.74. The van der Waals surface area contributed by atoms with Crippen LogP contribution in [0.15, 0.2) is 24.7 Å². The van der Waals surface area contributed by atoms with Crippen molar-refractivity contribution in [2.45, 2.75) is 0 Å². The van der Waals surface area contributed by atoms with Gasteiger partial charge in [-0.15, -0.1) is 0 Å². The third kappa shape index (κ3) is 1.80. The molecule has 0 bridgehead atoms. The van der Waals surface area contributed by atoms with E-state index in [1.54, 1.807) is 0 Å². The van der Waals surface area contributed by atoms with Crippen LogP contribution in [0.1, 0.15) is 5.56 Å². The van der Waals surface area contributed by atoms with Gasteiger partial charge in [-0.2, -0.15) is 0 Å². The fourth-order valence-corrected chi connectivity index (χ4v) is 1.53. The number of aromatic nitrogens is 2. The molecule has 0 aliphatic heterocycles. The SMILES string of the molecule is N=CC(=CN)c1cc2c(N)ncnc2cc1F. The smallest absolute Gasteiger partial charge is 0.134 e. The van der Waals surface area contributed by atoms with Gasteiger partial charge in [0.25, 0.3) is 0 Å². The summed E-state index contributed by atoms with van der Waals surface area (Å²) >= 11 is 0. The molecule has 0 saturated heterocycles. The summed E-state index contributed by atoms with van der Waals surface area (Å²) in [6.45, 7) is 0. The fourth-order valence-electron chi connectivity index (χ4n) is 1.53. The highest BCUT2D eigenvalue weighted by molar-refractivity contribution is 6.09. The van der Waals surface area contributed by atoms with E-state index in [2.05, 4.69) is 9.97 Å². The highest BCUT2D eigenvalue weighted by atomic mass is 19.1. The van der Waals surface area contributed by atoms with E-state index in [1.807, 2.05) is 0 Å². The van der Waals surface area contributed by atoms with Crippen LogP contribution >= 0.6 is 0 Å². The highest BCUT2D eigenvalue weighted by Crippen LogP contribution is 2.24. The van der Waals surface area contributed by atoms with Crippen LogP contribution in [0, 0.1) is 11.2 Å². The molecule has 5 nitrogen and oxygen atoms in total. The molecule has 86 valence electrons. The van der Waals surface area contributed by atoms with Crippen LogP contribution in [0.5, 0.6) is 0 Å². The zero-order valence-corrected chi connectivity index (χ0v) is 8.81. The molecular formula is C11H10FN5. The number of nitrogens with two attached hydrogens (primary N) is 2. The fraction of sp³-hybridized carbons (Fsp3) is 0. The van der Waals surface area contributed by atoms with Crippen molar-refractivity contribution in [1.82, 2.24) is 9.97 Å². The van der Waals surface area contributed by atoms with Crippen LogP contribution in [-0.4, -0.2) is 16.2 Å². The lowest BCUT2D eigenvalue weighted by Gasteiger charge is -2.06. The molecule has 0 unspecified atom stereocenters. The zero-order valence-electron chi connectivity index (χ0n) is 8.81. The van der Waals surface area contributed by atoms with Gasteiger partial charge in [0.1, 0.15) is 18.0 Å². The summed E-state index contributed by atoms with van der Waals surface area (Å²) in [4.78, 5) is 7.74. The number of hydrogen-bond acceptors (Lipinski definition) is 5. The van der Waals surface area contributed by atoms with Crippen molar-refractivity contribution in [3.63, 3.8) is 0 Å². The Morgan fingerprint density at radius 3 is 2.76 bits per heavy atom. The second-order valence-electron chi connectivity index (χ2n) is 3.37. The van der Waals surface area contributed by atoms with Crippen LogP contribution in [0.4, 0.5) is 10.2 Å². The van der Waals surface area contributed by atoms with Gasteiger partial charge in [-0.1, -0.05) is 0 Å². The molecule has 17 heavy (non-hydrogen) atoms. The Labute approximate surface area is 96.5 Å². The summed E-state index contributed by atoms with van der Waals surface area (Å²) in [5.74, 6) is -0.242. The van der Waals surface area contributed by atoms with E-state index in [0.29, 0.717) is 10.9 Å². The zero-order chi connectivity index (χ0) is 12.4. The first kappa shape index (κ1) is 11.0. The van der Waals surface area contributed by atoms with Gasteiger partial charge in [0, 0.05) is 35.0 Å². The number of benzene rings is 1. The summed E-state index contributed by atoms with van der Waals surface area (Å²) in [7, 11) is 0. The molecule has 1 heterocycles. The minimum Gasteiger partial charge on any atom is -0.404 e. The van der Waals surface area contributed by atoms with E-state index in [0.717, 1.165) is 12.4 Å². The van der Waals surface area contributed by atoms with E-state index in [4.69, 9.17) is 16.9 Å². The molecule has 2 rings (SSSR count). The lowest BCUT2D eigenvalue weighted by molar-refractivity contribution is 0.626. The number of nitrogens with zero attached hydrogens (tertiary/aromatic N) is 2. The molecule has 0 atom stereocenters. The maximum atomic E-state index is 13.8. The maximum Gasteiger partial charge on any atom is 0.134 e. The van der Waals surface area contributed by atoms with Crippen molar-refractivity contribution < 1.29 is 4.39 Å². The Hall–Kier alpha value is -2.50. The van der Waals surface area contributed by atoms with Crippen molar-refractivity contribution in [2.75, 3.05) is 5.73 Å².